The van der Waals surface area contributed by atoms with Crippen LogP contribution in [0.5, 0.6) is 0 Å². The molecule has 1 fully saturated rings. The Morgan fingerprint density at radius 2 is 1.91 bits per heavy atom. The summed E-state index contributed by atoms with van der Waals surface area (Å²) in [5.41, 5.74) is 0.358. The van der Waals surface area contributed by atoms with Gasteiger partial charge in [-0.1, -0.05) is 6.07 Å². The van der Waals surface area contributed by atoms with Gasteiger partial charge in [-0.2, -0.15) is 0 Å². The molecule has 2 aliphatic heterocycles. The summed E-state index contributed by atoms with van der Waals surface area (Å²) in [7, 11) is 1.67. The lowest BCUT2D eigenvalue weighted by Crippen LogP contribution is -2.54. The molecule has 0 aromatic heterocycles. The van der Waals surface area contributed by atoms with E-state index in [4.69, 9.17) is 9.47 Å². The first-order valence-corrected chi connectivity index (χ1v) is 11.6. The minimum Gasteiger partial charge on any atom is -0.444 e. The number of carbonyl (C=O) groups is 5. The van der Waals surface area contributed by atoms with Gasteiger partial charge >= 0.3 is 6.09 Å². The number of hydrogen-bond donors (Lipinski definition) is 2. The Balaban J connectivity index is 1.47. The minimum absolute atomic E-state index is 0.0693. The minimum atomic E-state index is -1.00. The van der Waals surface area contributed by atoms with E-state index in [1.807, 2.05) is 20.8 Å². The summed E-state index contributed by atoms with van der Waals surface area (Å²) in [4.78, 5) is 64.0. The molecule has 1 aromatic carbocycles. The molecule has 5 amide bonds. The maximum Gasteiger partial charge on any atom is 0.410 e. The fraction of sp³-hybridized carbons (Fsp3) is 0.542. The van der Waals surface area contributed by atoms with Crippen LogP contribution >= 0.6 is 0 Å². The van der Waals surface area contributed by atoms with Crippen LogP contribution in [0.25, 0.3) is 0 Å². The van der Waals surface area contributed by atoms with E-state index in [-0.39, 0.29) is 30.1 Å². The van der Waals surface area contributed by atoms with Crippen molar-refractivity contribution in [2.45, 2.75) is 51.7 Å². The Kier molecular flexibility index (Phi) is 8.11. The van der Waals surface area contributed by atoms with Crippen molar-refractivity contribution in [1.29, 1.82) is 0 Å². The number of amides is 5. The number of piperidine rings is 1. The fourth-order valence-electron chi connectivity index (χ4n) is 3.86. The first-order valence-electron chi connectivity index (χ1n) is 11.6. The standard InChI is InChI=1S/C24H32N4O7/c1-24(2,3)35-23(33)27(4)12-6-13-34-14-11-25-16-8-5-7-15-19(16)22(32)28(21(15)31)17-9-10-18(29)26-20(17)30/h5,7-8,17,25H,6,9-14H2,1-4H3,(H,26,29,30). The van der Waals surface area contributed by atoms with Gasteiger partial charge in [-0.25, -0.2) is 4.79 Å². The number of carbonyl (C=O) groups excluding carboxylic acids is 5. The Labute approximate surface area is 204 Å². The third-order valence-electron chi connectivity index (χ3n) is 5.52. The molecule has 1 unspecified atom stereocenters. The zero-order valence-electron chi connectivity index (χ0n) is 20.5. The Bertz CT molecular complexity index is 1020. The van der Waals surface area contributed by atoms with Crippen molar-refractivity contribution in [1.82, 2.24) is 15.1 Å². The van der Waals surface area contributed by atoms with E-state index in [0.717, 1.165) is 4.90 Å². The van der Waals surface area contributed by atoms with E-state index in [1.165, 1.54) is 4.90 Å². The van der Waals surface area contributed by atoms with Gasteiger partial charge in [-0.15, -0.1) is 0 Å². The van der Waals surface area contributed by atoms with Gasteiger partial charge in [0.25, 0.3) is 11.8 Å². The third-order valence-corrected chi connectivity index (χ3v) is 5.52. The van der Waals surface area contributed by atoms with Crippen molar-refractivity contribution in [3.8, 4) is 0 Å². The van der Waals surface area contributed by atoms with Gasteiger partial charge in [0.05, 0.1) is 17.7 Å². The van der Waals surface area contributed by atoms with Crippen LogP contribution in [0.4, 0.5) is 10.5 Å². The molecule has 190 valence electrons. The third kappa shape index (κ3) is 6.36. The van der Waals surface area contributed by atoms with Gasteiger partial charge in [0, 0.05) is 38.9 Å². The molecule has 2 N–H and O–H groups in total. The fourth-order valence-corrected chi connectivity index (χ4v) is 3.86. The average Bonchev–Trinajstić information content (AvgIpc) is 3.02. The number of nitrogens with one attached hydrogen (secondary N) is 2. The quantitative estimate of drug-likeness (QED) is 0.397. The summed E-state index contributed by atoms with van der Waals surface area (Å²) in [6.45, 7) is 7.09. The topological polar surface area (TPSA) is 134 Å². The van der Waals surface area contributed by atoms with Crippen LogP contribution in [0.1, 0.15) is 60.7 Å². The highest BCUT2D eigenvalue weighted by atomic mass is 16.6. The smallest absolute Gasteiger partial charge is 0.410 e. The summed E-state index contributed by atoms with van der Waals surface area (Å²) in [6, 6.07) is 3.89. The van der Waals surface area contributed by atoms with Gasteiger partial charge in [0.1, 0.15) is 11.6 Å². The molecule has 2 aliphatic rings. The summed E-state index contributed by atoms with van der Waals surface area (Å²) < 4.78 is 10.9. The molecule has 1 aromatic rings. The van der Waals surface area contributed by atoms with Crippen molar-refractivity contribution in [2.24, 2.45) is 0 Å². The van der Waals surface area contributed by atoms with Crippen LogP contribution in [0.15, 0.2) is 18.2 Å². The molecular weight excluding hydrogens is 456 g/mol. The van der Waals surface area contributed by atoms with E-state index in [0.29, 0.717) is 38.4 Å². The summed E-state index contributed by atoms with van der Waals surface area (Å²) in [5.74, 6) is -2.17. The molecule has 0 spiro atoms. The zero-order valence-corrected chi connectivity index (χ0v) is 20.5. The molecule has 11 nitrogen and oxygen atoms in total. The molecule has 1 saturated heterocycles. The van der Waals surface area contributed by atoms with Crippen LogP contribution in [0.2, 0.25) is 0 Å². The molecule has 0 radical (unpaired) electrons. The van der Waals surface area contributed by atoms with Gasteiger partial charge in [0.15, 0.2) is 0 Å². The number of anilines is 1. The van der Waals surface area contributed by atoms with Gasteiger partial charge in [-0.05, 0) is 45.7 Å². The highest BCUT2D eigenvalue weighted by Gasteiger charge is 2.45. The van der Waals surface area contributed by atoms with Gasteiger partial charge in [0.2, 0.25) is 11.8 Å². The molecule has 2 heterocycles. The Hall–Kier alpha value is -3.47. The van der Waals surface area contributed by atoms with Crippen molar-refractivity contribution in [3.63, 3.8) is 0 Å². The predicted molar refractivity (Wildman–Crippen MR) is 126 cm³/mol. The molecule has 0 saturated carbocycles. The number of fused-ring (bicyclic) bond motifs is 1. The number of benzene rings is 1. The van der Waals surface area contributed by atoms with Crippen LogP contribution in [-0.4, -0.2) is 84.5 Å². The largest absolute Gasteiger partial charge is 0.444 e. The highest BCUT2D eigenvalue weighted by Crippen LogP contribution is 2.32. The molecule has 0 bridgehead atoms. The lowest BCUT2D eigenvalue weighted by molar-refractivity contribution is -0.136. The maximum absolute atomic E-state index is 13.1. The summed E-state index contributed by atoms with van der Waals surface area (Å²) >= 11 is 0. The zero-order chi connectivity index (χ0) is 25.8. The van der Waals surface area contributed by atoms with Crippen molar-refractivity contribution in [3.05, 3.63) is 29.3 Å². The second-order valence-electron chi connectivity index (χ2n) is 9.47. The predicted octanol–water partition coefficient (Wildman–Crippen LogP) is 1.77. The Morgan fingerprint density at radius 3 is 2.60 bits per heavy atom. The second-order valence-corrected chi connectivity index (χ2v) is 9.47. The molecule has 3 rings (SSSR count). The second kappa shape index (κ2) is 10.9. The molecular formula is C24H32N4O7. The van der Waals surface area contributed by atoms with Crippen LogP contribution in [0, 0.1) is 0 Å². The van der Waals surface area contributed by atoms with Crippen LogP contribution in [0.3, 0.4) is 0 Å². The van der Waals surface area contributed by atoms with E-state index in [9.17, 15) is 24.0 Å². The lowest BCUT2D eigenvalue weighted by atomic mass is 10.0. The van der Waals surface area contributed by atoms with Crippen LogP contribution in [-0.2, 0) is 19.1 Å². The average molecular weight is 489 g/mol. The van der Waals surface area contributed by atoms with E-state index >= 15 is 0 Å². The highest BCUT2D eigenvalue weighted by molar-refractivity contribution is 6.25. The molecule has 0 aliphatic carbocycles. The van der Waals surface area contributed by atoms with Gasteiger partial charge in [-0.3, -0.25) is 29.4 Å². The number of rotatable bonds is 9. The van der Waals surface area contributed by atoms with E-state index < -0.39 is 35.3 Å². The first-order chi connectivity index (χ1) is 16.5. The summed E-state index contributed by atoms with van der Waals surface area (Å²) in [6.07, 6.45) is 0.419. The Morgan fingerprint density at radius 1 is 1.17 bits per heavy atom. The lowest BCUT2D eigenvalue weighted by Gasteiger charge is -2.27. The van der Waals surface area contributed by atoms with E-state index in [1.54, 1.807) is 25.2 Å². The van der Waals surface area contributed by atoms with Crippen LogP contribution < -0.4 is 10.6 Å². The molecule has 1 atom stereocenters. The summed E-state index contributed by atoms with van der Waals surface area (Å²) in [5, 5.41) is 5.30. The van der Waals surface area contributed by atoms with Crippen molar-refractivity contribution in [2.75, 3.05) is 38.7 Å². The van der Waals surface area contributed by atoms with Gasteiger partial charge < -0.3 is 19.7 Å². The maximum atomic E-state index is 13.1. The molecule has 11 heteroatoms. The molecule has 35 heavy (non-hydrogen) atoms. The number of hydrogen-bond acceptors (Lipinski definition) is 8. The van der Waals surface area contributed by atoms with Crippen molar-refractivity contribution < 1.29 is 33.4 Å². The van der Waals surface area contributed by atoms with Crippen molar-refractivity contribution >= 4 is 35.4 Å². The first kappa shape index (κ1) is 26.1. The number of ether oxygens (including phenoxy) is 2. The number of imide groups is 2. The van der Waals surface area contributed by atoms with E-state index in [2.05, 4.69) is 10.6 Å². The monoisotopic (exact) mass is 488 g/mol. The SMILES string of the molecule is CN(CCCOCCNc1cccc2c1C(=O)N(C1CCC(=O)NC1=O)C2=O)C(=O)OC(C)(C)C. The normalized spacial score (nSPS) is 17.8. The number of nitrogens with zero attached hydrogens (tertiary/aromatic N) is 2.